The molecule has 5 nitrogen and oxygen atoms in total. The van der Waals surface area contributed by atoms with Crippen LogP contribution in [-0.4, -0.2) is 51.9 Å². The van der Waals surface area contributed by atoms with Crippen LogP contribution in [0.5, 0.6) is 11.5 Å². The summed E-state index contributed by atoms with van der Waals surface area (Å²) in [5.74, 6) is 0.990. The molecule has 4 aliphatic rings. The van der Waals surface area contributed by atoms with Crippen LogP contribution in [0.2, 0.25) is 0 Å². The molecule has 2 aliphatic carbocycles. The van der Waals surface area contributed by atoms with Gasteiger partial charge < -0.3 is 19.8 Å². The maximum absolute atomic E-state index is 11.0. The Balaban J connectivity index is 1.52. The van der Waals surface area contributed by atoms with E-state index in [2.05, 4.69) is 30.2 Å². The van der Waals surface area contributed by atoms with E-state index in [-0.39, 0.29) is 23.2 Å². The van der Waals surface area contributed by atoms with Gasteiger partial charge in [-0.1, -0.05) is 36.4 Å². The predicted octanol–water partition coefficient (Wildman–Crippen LogP) is 3.41. The first-order valence-corrected chi connectivity index (χ1v) is 11.1. The van der Waals surface area contributed by atoms with Crippen LogP contribution in [0.3, 0.4) is 0 Å². The number of phenols is 1. The normalized spacial score (nSPS) is 32.7. The smallest absolute Gasteiger partial charge is 0.165 e. The van der Waals surface area contributed by atoms with Gasteiger partial charge in [0.15, 0.2) is 11.5 Å². The molecule has 7 rings (SSSR count). The number of aliphatic hydroxyl groups is 1. The van der Waals surface area contributed by atoms with Gasteiger partial charge in [0.2, 0.25) is 0 Å². The molecular formula is C26H24N2O3. The highest BCUT2D eigenvalue weighted by Crippen LogP contribution is 2.63. The number of rotatable bonds is 1. The molecule has 2 N–H and O–H groups in total. The largest absolute Gasteiger partial charge is 0.504 e. The number of hydrogen-bond acceptors (Lipinski definition) is 5. The fourth-order valence-electron chi connectivity index (χ4n) is 6.77. The average Bonchev–Trinajstić information content (AvgIpc) is 3.14. The molecule has 31 heavy (non-hydrogen) atoms. The van der Waals surface area contributed by atoms with E-state index in [1.54, 1.807) is 0 Å². The average molecular weight is 412 g/mol. The van der Waals surface area contributed by atoms with Gasteiger partial charge in [0.25, 0.3) is 0 Å². The highest BCUT2D eigenvalue weighted by atomic mass is 16.5. The molecule has 5 atom stereocenters. The van der Waals surface area contributed by atoms with Crippen LogP contribution in [0.4, 0.5) is 0 Å². The number of ether oxygens (including phenoxy) is 1. The van der Waals surface area contributed by atoms with Gasteiger partial charge in [-0.15, -0.1) is 0 Å². The summed E-state index contributed by atoms with van der Waals surface area (Å²) in [6.45, 7) is 0.958. The molecular weight excluding hydrogens is 388 g/mol. The molecule has 1 fully saturated rings. The zero-order valence-electron chi connectivity index (χ0n) is 17.3. The Morgan fingerprint density at radius 1 is 1.16 bits per heavy atom. The lowest BCUT2D eigenvalue weighted by Gasteiger charge is -2.56. The Hall–Kier alpha value is -2.89. The maximum Gasteiger partial charge on any atom is 0.165 e. The molecule has 0 amide bonds. The second-order valence-corrected chi connectivity index (χ2v) is 9.50. The third kappa shape index (κ3) is 2.11. The van der Waals surface area contributed by atoms with Gasteiger partial charge in [-0.25, -0.2) is 4.98 Å². The standard InChI is InChI=1S/C26H24N2O3/c1-28-11-10-26-17-7-9-21(29)25(26)31-24-22(30)13-15(16(23(24)26)12-20(17)28)19-8-6-14-4-2-3-5-18(14)27-19/h2-9,13,17,20-21,25,29-30H,10-12H2,1H3/t17-,20+,21-,25-,26-/m0/s1. The van der Waals surface area contributed by atoms with Gasteiger partial charge in [0.05, 0.1) is 11.2 Å². The minimum Gasteiger partial charge on any atom is -0.504 e. The van der Waals surface area contributed by atoms with Gasteiger partial charge in [0, 0.05) is 33.9 Å². The Kier molecular flexibility index (Phi) is 3.36. The number of nitrogens with zero attached hydrogens (tertiary/aromatic N) is 2. The van der Waals surface area contributed by atoms with Crippen molar-refractivity contribution in [2.45, 2.75) is 36.5 Å². The Morgan fingerprint density at radius 3 is 2.94 bits per heavy atom. The molecule has 3 heterocycles. The number of fused-ring (bicyclic) bond motifs is 1. The molecule has 0 unspecified atom stereocenters. The fraction of sp³-hybridized carbons (Fsp3) is 0.346. The summed E-state index contributed by atoms with van der Waals surface area (Å²) >= 11 is 0. The van der Waals surface area contributed by atoms with Crippen LogP contribution >= 0.6 is 0 Å². The minimum atomic E-state index is -0.666. The number of likely N-dealkylation sites (tertiary alicyclic amines) is 1. The molecule has 0 radical (unpaired) electrons. The number of phenolic OH excluding ortho intramolecular Hbond substituents is 1. The fourth-order valence-corrected chi connectivity index (χ4v) is 6.77. The van der Waals surface area contributed by atoms with E-state index in [0.717, 1.165) is 47.1 Å². The molecule has 156 valence electrons. The molecule has 3 aromatic rings. The van der Waals surface area contributed by atoms with Crippen molar-refractivity contribution in [2.24, 2.45) is 5.92 Å². The lowest BCUT2D eigenvalue weighted by molar-refractivity contribution is -0.0452. The van der Waals surface area contributed by atoms with Crippen molar-refractivity contribution in [3.05, 3.63) is 65.7 Å². The zero-order chi connectivity index (χ0) is 20.9. The van der Waals surface area contributed by atoms with E-state index in [4.69, 9.17) is 9.72 Å². The molecule has 2 aromatic carbocycles. The summed E-state index contributed by atoms with van der Waals surface area (Å²) in [5.41, 5.74) is 4.83. The number of aromatic nitrogens is 1. The first kappa shape index (κ1) is 17.8. The quantitative estimate of drug-likeness (QED) is 0.600. The van der Waals surface area contributed by atoms with E-state index < -0.39 is 6.10 Å². The predicted molar refractivity (Wildman–Crippen MR) is 118 cm³/mol. The topological polar surface area (TPSA) is 65.8 Å². The van der Waals surface area contributed by atoms with Crippen molar-refractivity contribution in [1.29, 1.82) is 0 Å². The van der Waals surface area contributed by atoms with Gasteiger partial charge in [-0.2, -0.15) is 0 Å². The lowest BCUT2D eigenvalue weighted by atomic mass is 9.53. The van der Waals surface area contributed by atoms with Gasteiger partial charge >= 0.3 is 0 Å². The van der Waals surface area contributed by atoms with Gasteiger partial charge in [-0.3, -0.25) is 0 Å². The number of pyridine rings is 1. The van der Waals surface area contributed by atoms with Crippen molar-refractivity contribution in [1.82, 2.24) is 9.88 Å². The molecule has 1 saturated heterocycles. The second kappa shape index (κ2) is 5.87. The SMILES string of the molecule is CN1CC[C@]23c4c5c(-c6ccc7ccccc7n6)cc(O)c4O[C@H]2[C@@H](O)C=C[C@H]3[C@H]1C5. The highest BCUT2D eigenvalue weighted by molar-refractivity contribution is 5.83. The molecule has 1 spiro atoms. The number of benzene rings is 2. The van der Waals surface area contributed by atoms with Gasteiger partial charge in [-0.05, 0) is 50.2 Å². The summed E-state index contributed by atoms with van der Waals surface area (Å²) in [6.07, 6.45) is 4.86. The number of aliphatic hydroxyl groups excluding tert-OH is 1. The Morgan fingerprint density at radius 2 is 2.03 bits per heavy atom. The van der Waals surface area contributed by atoms with Crippen LogP contribution in [0.1, 0.15) is 17.5 Å². The van der Waals surface area contributed by atoms with Crippen molar-refractivity contribution >= 4 is 10.9 Å². The second-order valence-electron chi connectivity index (χ2n) is 9.50. The number of likely N-dealkylation sites (N-methyl/N-ethyl adjacent to an activating group) is 1. The lowest BCUT2D eigenvalue weighted by Crippen LogP contribution is -2.64. The van der Waals surface area contributed by atoms with Crippen LogP contribution < -0.4 is 4.74 Å². The number of para-hydroxylation sites is 1. The first-order valence-electron chi connectivity index (χ1n) is 11.1. The van der Waals surface area contributed by atoms with Crippen molar-refractivity contribution < 1.29 is 14.9 Å². The third-order valence-electron chi connectivity index (χ3n) is 8.15. The number of aromatic hydroxyl groups is 1. The summed E-state index contributed by atoms with van der Waals surface area (Å²) in [7, 11) is 2.20. The van der Waals surface area contributed by atoms with E-state index in [1.807, 2.05) is 36.4 Å². The molecule has 5 heteroatoms. The summed E-state index contributed by atoms with van der Waals surface area (Å²) in [4.78, 5) is 7.38. The maximum atomic E-state index is 11.0. The van der Waals surface area contributed by atoms with Crippen molar-refractivity contribution in [3.8, 4) is 22.8 Å². The first-order chi connectivity index (χ1) is 15.1. The van der Waals surface area contributed by atoms with Crippen molar-refractivity contribution in [3.63, 3.8) is 0 Å². The third-order valence-corrected chi connectivity index (χ3v) is 8.15. The van der Waals surface area contributed by atoms with Crippen molar-refractivity contribution in [2.75, 3.05) is 13.6 Å². The van der Waals surface area contributed by atoms with Crippen LogP contribution in [0, 0.1) is 5.92 Å². The number of piperidine rings is 1. The molecule has 2 bridgehead atoms. The molecule has 2 aliphatic heterocycles. The highest BCUT2D eigenvalue weighted by Gasteiger charge is 2.64. The molecule has 0 saturated carbocycles. The monoisotopic (exact) mass is 412 g/mol. The summed E-state index contributed by atoms with van der Waals surface area (Å²) in [5, 5.41) is 23.0. The Bertz CT molecular complexity index is 1290. The zero-order valence-corrected chi connectivity index (χ0v) is 17.3. The van der Waals surface area contributed by atoms with E-state index in [1.165, 1.54) is 5.56 Å². The summed E-state index contributed by atoms with van der Waals surface area (Å²) in [6, 6.07) is 14.4. The van der Waals surface area contributed by atoms with Gasteiger partial charge in [0.1, 0.15) is 12.2 Å². The molecule has 1 aromatic heterocycles. The van der Waals surface area contributed by atoms with E-state index >= 15 is 0 Å². The summed E-state index contributed by atoms with van der Waals surface area (Å²) < 4.78 is 6.33. The van der Waals surface area contributed by atoms with Crippen LogP contribution in [0.25, 0.3) is 22.2 Å². The Labute approximate surface area is 180 Å². The minimum absolute atomic E-state index is 0.149. The van der Waals surface area contributed by atoms with E-state index in [9.17, 15) is 10.2 Å². The van der Waals surface area contributed by atoms with E-state index in [0.29, 0.717) is 11.8 Å². The number of hydrogen-bond donors (Lipinski definition) is 2. The van der Waals surface area contributed by atoms with Crippen LogP contribution in [-0.2, 0) is 11.8 Å². The van der Waals surface area contributed by atoms with Crippen LogP contribution in [0.15, 0.2) is 54.6 Å².